The van der Waals surface area contributed by atoms with E-state index in [4.69, 9.17) is 11.6 Å². The SMILES string of the molecule is O=C(c1ccccc1)c1cc(Cl)cc2c1N[C@H]([C@@H]1CC=CCC1)[C@H]1CC=C[C@H]21. The second kappa shape index (κ2) is 7.25. The predicted molar refractivity (Wildman–Crippen MR) is 115 cm³/mol. The molecule has 0 aromatic heterocycles. The van der Waals surface area contributed by atoms with Crippen LogP contribution in [0.25, 0.3) is 0 Å². The van der Waals surface area contributed by atoms with Gasteiger partial charge >= 0.3 is 0 Å². The van der Waals surface area contributed by atoms with E-state index in [-0.39, 0.29) is 5.78 Å². The highest BCUT2D eigenvalue weighted by Gasteiger charge is 2.42. The standard InChI is InChI=1S/C25H24ClNO/c26-18-14-21-19-12-7-13-20(19)23(16-8-3-1-4-9-16)27-24(21)22(15-18)25(28)17-10-5-2-6-11-17/h1-3,5-7,10-12,14-16,19-20,23,27H,4,8-9,13H2/t16-,19+,20+,23-/m1/s1. The summed E-state index contributed by atoms with van der Waals surface area (Å²) >= 11 is 6.48. The quantitative estimate of drug-likeness (QED) is 0.487. The van der Waals surface area contributed by atoms with Crippen LogP contribution in [0.4, 0.5) is 5.69 Å². The molecule has 0 radical (unpaired) electrons. The van der Waals surface area contributed by atoms with E-state index in [1.165, 1.54) is 12.0 Å². The first kappa shape index (κ1) is 17.8. The van der Waals surface area contributed by atoms with E-state index < -0.39 is 0 Å². The fourth-order valence-electron chi connectivity index (χ4n) is 5.24. The molecule has 1 aliphatic heterocycles. The molecule has 1 N–H and O–H groups in total. The summed E-state index contributed by atoms with van der Waals surface area (Å²) in [5.41, 5.74) is 3.57. The van der Waals surface area contributed by atoms with Crippen LogP contribution >= 0.6 is 11.6 Å². The number of benzene rings is 2. The van der Waals surface area contributed by atoms with Crippen LogP contribution in [0, 0.1) is 11.8 Å². The zero-order valence-corrected chi connectivity index (χ0v) is 16.5. The van der Waals surface area contributed by atoms with Crippen LogP contribution in [0.15, 0.2) is 66.8 Å². The summed E-state index contributed by atoms with van der Waals surface area (Å²) in [6.07, 6.45) is 13.8. The average molecular weight is 390 g/mol. The smallest absolute Gasteiger partial charge is 0.195 e. The maximum absolute atomic E-state index is 13.3. The number of nitrogens with one attached hydrogen (secondary N) is 1. The second-order valence-corrected chi connectivity index (χ2v) is 8.62. The van der Waals surface area contributed by atoms with Crippen molar-refractivity contribution in [2.24, 2.45) is 11.8 Å². The predicted octanol–water partition coefficient (Wildman–Crippen LogP) is 6.38. The number of carbonyl (C=O) groups excluding carboxylic acids is 1. The topological polar surface area (TPSA) is 29.1 Å². The first-order valence-corrected chi connectivity index (χ1v) is 10.6. The van der Waals surface area contributed by atoms with Crippen molar-refractivity contribution >= 4 is 23.1 Å². The van der Waals surface area contributed by atoms with Crippen LogP contribution in [0.5, 0.6) is 0 Å². The highest BCUT2D eigenvalue weighted by Crippen LogP contribution is 2.49. The Hall–Kier alpha value is -2.32. The normalized spacial score (nSPS) is 27.8. The van der Waals surface area contributed by atoms with E-state index in [0.717, 1.165) is 24.9 Å². The summed E-state index contributed by atoms with van der Waals surface area (Å²) in [6.45, 7) is 0. The number of halogens is 1. The lowest BCUT2D eigenvalue weighted by Gasteiger charge is -2.42. The Labute approximate surface area is 171 Å². The van der Waals surface area contributed by atoms with Gasteiger partial charge in [0.1, 0.15) is 0 Å². The molecular weight excluding hydrogens is 366 g/mol. The lowest BCUT2D eigenvalue weighted by Crippen LogP contribution is -2.42. The monoisotopic (exact) mass is 389 g/mol. The molecule has 4 atom stereocenters. The number of carbonyl (C=O) groups is 1. The van der Waals surface area contributed by atoms with Crippen molar-refractivity contribution in [3.8, 4) is 0 Å². The minimum atomic E-state index is 0.0366. The summed E-state index contributed by atoms with van der Waals surface area (Å²) in [6, 6.07) is 13.8. The number of allylic oxidation sites excluding steroid dienone is 4. The van der Waals surface area contributed by atoms with Crippen LogP contribution in [0.1, 0.15) is 53.1 Å². The lowest BCUT2D eigenvalue weighted by atomic mass is 9.71. The second-order valence-electron chi connectivity index (χ2n) is 8.18. The van der Waals surface area contributed by atoms with Crippen molar-refractivity contribution in [3.63, 3.8) is 0 Å². The fraction of sp³-hybridized carbons (Fsp3) is 0.320. The molecule has 0 saturated heterocycles. The number of anilines is 1. The molecular formula is C25H24ClNO. The van der Waals surface area contributed by atoms with Crippen molar-refractivity contribution in [2.75, 3.05) is 5.32 Å². The molecule has 1 heterocycles. The van der Waals surface area contributed by atoms with Gasteiger partial charge in [0, 0.05) is 33.8 Å². The summed E-state index contributed by atoms with van der Waals surface area (Å²) in [5.74, 6) is 1.53. The van der Waals surface area contributed by atoms with Crippen molar-refractivity contribution in [3.05, 3.63) is 88.5 Å². The van der Waals surface area contributed by atoms with Gasteiger partial charge in [-0.1, -0.05) is 66.2 Å². The first-order valence-electron chi connectivity index (χ1n) is 10.2. The molecule has 0 saturated carbocycles. The molecule has 0 fully saturated rings. The maximum Gasteiger partial charge on any atom is 0.195 e. The molecule has 2 nitrogen and oxygen atoms in total. The maximum atomic E-state index is 13.3. The van der Waals surface area contributed by atoms with Crippen LogP contribution in [0.3, 0.4) is 0 Å². The average Bonchev–Trinajstić information content (AvgIpc) is 3.24. The zero-order chi connectivity index (χ0) is 19.1. The van der Waals surface area contributed by atoms with Crippen molar-refractivity contribution < 1.29 is 4.79 Å². The molecule has 142 valence electrons. The van der Waals surface area contributed by atoms with Gasteiger partial charge < -0.3 is 5.32 Å². The third-order valence-electron chi connectivity index (χ3n) is 6.58. The Morgan fingerprint density at radius 1 is 1.04 bits per heavy atom. The third kappa shape index (κ3) is 3.00. The number of hydrogen-bond donors (Lipinski definition) is 1. The van der Waals surface area contributed by atoms with E-state index in [0.29, 0.717) is 39.9 Å². The number of ketones is 1. The Kier molecular flexibility index (Phi) is 4.60. The minimum absolute atomic E-state index is 0.0366. The summed E-state index contributed by atoms with van der Waals surface area (Å²) in [5, 5.41) is 4.47. The third-order valence-corrected chi connectivity index (χ3v) is 6.79. The van der Waals surface area contributed by atoms with Crippen LogP contribution < -0.4 is 5.32 Å². The van der Waals surface area contributed by atoms with Gasteiger partial charge in [-0.2, -0.15) is 0 Å². The zero-order valence-electron chi connectivity index (χ0n) is 15.8. The lowest BCUT2D eigenvalue weighted by molar-refractivity contribution is 0.103. The van der Waals surface area contributed by atoms with Crippen LogP contribution in [0.2, 0.25) is 5.02 Å². The van der Waals surface area contributed by atoms with Crippen LogP contribution in [-0.2, 0) is 0 Å². The minimum Gasteiger partial charge on any atom is -0.381 e. The number of hydrogen-bond acceptors (Lipinski definition) is 2. The Morgan fingerprint density at radius 2 is 1.89 bits per heavy atom. The van der Waals surface area contributed by atoms with E-state index >= 15 is 0 Å². The summed E-state index contributed by atoms with van der Waals surface area (Å²) < 4.78 is 0. The Bertz CT molecular complexity index is 962. The number of rotatable bonds is 3. The van der Waals surface area contributed by atoms with Gasteiger partial charge in [-0.25, -0.2) is 0 Å². The molecule has 0 unspecified atom stereocenters. The molecule has 2 aromatic carbocycles. The van der Waals surface area contributed by atoms with E-state index in [1.54, 1.807) is 0 Å². The van der Waals surface area contributed by atoms with E-state index in [9.17, 15) is 4.79 Å². The molecule has 28 heavy (non-hydrogen) atoms. The largest absolute Gasteiger partial charge is 0.381 e. The molecule has 0 bridgehead atoms. The Balaban J connectivity index is 1.60. The highest BCUT2D eigenvalue weighted by atomic mass is 35.5. The Morgan fingerprint density at radius 3 is 2.68 bits per heavy atom. The summed E-state index contributed by atoms with van der Waals surface area (Å²) in [4.78, 5) is 13.3. The van der Waals surface area contributed by atoms with Gasteiger partial charge in [0.15, 0.2) is 5.78 Å². The van der Waals surface area contributed by atoms with Gasteiger partial charge in [0.05, 0.1) is 0 Å². The molecule has 2 aromatic rings. The van der Waals surface area contributed by atoms with Crippen LogP contribution in [-0.4, -0.2) is 11.8 Å². The molecule has 3 aliphatic rings. The molecule has 2 aliphatic carbocycles. The van der Waals surface area contributed by atoms with Crippen molar-refractivity contribution in [1.29, 1.82) is 0 Å². The number of fused-ring (bicyclic) bond motifs is 3. The van der Waals surface area contributed by atoms with Crippen molar-refractivity contribution in [2.45, 2.75) is 37.6 Å². The van der Waals surface area contributed by atoms with E-state index in [2.05, 4.69) is 35.7 Å². The van der Waals surface area contributed by atoms with E-state index in [1.807, 2.05) is 36.4 Å². The molecule has 3 heteroatoms. The van der Waals surface area contributed by atoms with Gasteiger partial charge in [0.25, 0.3) is 0 Å². The molecule has 0 spiro atoms. The van der Waals surface area contributed by atoms with Gasteiger partial charge in [-0.15, -0.1) is 0 Å². The van der Waals surface area contributed by atoms with Gasteiger partial charge in [0.2, 0.25) is 0 Å². The molecule has 5 rings (SSSR count). The van der Waals surface area contributed by atoms with Gasteiger partial charge in [-0.3, -0.25) is 4.79 Å². The highest BCUT2D eigenvalue weighted by molar-refractivity contribution is 6.31. The first-order chi connectivity index (χ1) is 13.7. The van der Waals surface area contributed by atoms with Crippen molar-refractivity contribution in [1.82, 2.24) is 0 Å². The van der Waals surface area contributed by atoms with Gasteiger partial charge in [-0.05, 0) is 55.2 Å². The molecule has 0 amide bonds. The fourth-order valence-corrected chi connectivity index (χ4v) is 5.46. The summed E-state index contributed by atoms with van der Waals surface area (Å²) in [7, 11) is 0.